The molecule has 0 bridgehead atoms. The van der Waals surface area contributed by atoms with Crippen LogP contribution in [0.5, 0.6) is 11.5 Å². The van der Waals surface area contributed by atoms with Crippen molar-refractivity contribution >= 4 is 17.7 Å². The second-order valence-electron chi connectivity index (χ2n) is 8.27. The molecule has 1 fully saturated rings. The van der Waals surface area contributed by atoms with Crippen molar-refractivity contribution in [1.82, 2.24) is 14.5 Å². The molecule has 1 aliphatic rings. The Hall–Kier alpha value is -3.23. The van der Waals surface area contributed by atoms with Crippen LogP contribution in [0.15, 0.2) is 36.8 Å². The third kappa shape index (κ3) is 5.97. The maximum Gasteiger partial charge on any atom is 0.328 e. The summed E-state index contributed by atoms with van der Waals surface area (Å²) in [4.78, 5) is 32.0. The molecule has 180 valence electrons. The summed E-state index contributed by atoms with van der Waals surface area (Å²) in [6.45, 7) is 2.42. The second-order valence-corrected chi connectivity index (χ2v) is 8.27. The minimum absolute atomic E-state index is 0.162. The Balaban J connectivity index is 1.81. The van der Waals surface area contributed by atoms with E-state index in [4.69, 9.17) is 19.9 Å². The summed E-state index contributed by atoms with van der Waals surface area (Å²) in [6, 6.07) is 6.10. The van der Waals surface area contributed by atoms with Gasteiger partial charge in [-0.1, -0.05) is 44.7 Å². The number of imidazole rings is 1. The van der Waals surface area contributed by atoms with Gasteiger partial charge in [0.2, 0.25) is 5.91 Å². The number of hydrogen-bond donors (Lipinski definition) is 1. The molecule has 0 radical (unpaired) electrons. The molecule has 9 heteroatoms. The zero-order valence-corrected chi connectivity index (χ0v) is 19.6. The van der Waals surface area contributed by atoms with Gasteiger partial charge >= 0.3 is 5.97 Å². The normalized spacial score (nSPS) is 18.7. The number of nitrogens with zero attached hydrogens (tertiary/aromatic N) is 3. The molecule has 3 rings (SSSR count). The van der Waals surface area contributed by atoms with Crippen LogP contribution in [0.2, 0.25) is 0 Å². The minimum Gasteiger partial charge on any atom is -0.493 e. The fraction of sp³-hybridized carbons (Fsp3) is 0.542. The van der Waals surface area contributed by atoms with E-state index in [9.17, 15) is 9.59 Å². The first-order valence-corrected chi connectivity index (χ1v) is 11.4. The first-order valence-electron chi connectivity index (χ1n) is 11.4. The molecule has 3 atom stereocenters. The van der Waals surface area contributed by atoms with Crippen molar-refractivity contribution in [3.05, 3.63) is 36.8 Å². The standard InChI is InChI=1S/C24H34N4O5/c1-4-5-6-7-10-18(27-15-22(25)26-16-27)23(29)28-14-17(13-19(28)24(30)32-3)33-21-12-9-8-11-20(21)31-2/h8-9,11-12,15-19H,4-7,10,13-14,25H2,1-3H3/t17-,18+,19-/m0/s1. The molecule has 2 N–H and O–H groups in total. The maximum atomic E-state index is 13.7. The third-order valence-corrected chi connectivity index (χ3v) is 5.98. The number of unbranched alkanes of at least 4 members (excludes halogenated alkanes) is 3. The lowest BCUT2D eigenvalue weighted by atomic mass is 10.1. The van der Waals surface area contributed by atoms with E-state index in [1.807, 2.05) is 12.1 Å². The van der Waals surface area contributed by atoms with Crippen LogP contribution in [-0.2, 0) is 14.3 Å². The molecule has 2 heterocycles. The van der Waals surface area contributed by atoms with E-state index in [1.165, 1.54) is 7.11 Å². The van der Waals surface area contributed by atoms with Crippen molar-refractivity contribution in [2.75, 3.05) is 26.5 Å². The van der Waals surface area contributed by atoms with Crippen molar-refractivity contribution in [3.63, 3.8) is 0 Å². The summed E-state index contributed by atoms with van der Waals surface area (Å²) in [7, 11) is 2.90. The van der Waals surface area contributed by atoms with Crippen LogP contribution in [0.3, 0.4) is 0 Å². The van der Waals surface area contributed by atoms with Gasteiger partial charge in [-0.15, -0.1) is 0 Å². The summed E-state index contributed by atoms with van der Waals surface area (Å²) in [6.07, 6.45) is 7.97. The Morgan fingerprint density at radius 2 is 1.94 bits per heavy atom. The Kier molecular flexibility index (Phi) is 8.57. The van der Waals surface area contributed by atoms with Gasteiger partial charge in [-0.3, -0.25) is 4.79 Å². The lowest BCUT2D eigenvalue weighted by molar-refractivity contribution is -0.152. The molecule has 1 saturated heterocycles. The molecule has 9 nitrogen and oxygen atoms in total. The number of anilines is 1. The number of ether oxygens (including phenoxy) is 3. The van der Waals surface area contributed by atoms with E-state index in [1.54, 1.807) is 41.2 Å². The van der Waals surface area contributed by atoms with E-state index in [0.29, 0.717) is 30.2 Å². The van der Waals surface area contributed by atoms with Crippen LogP contribution in [0.1, 0.15) is 51.5 Å². The van der Waals surface area contributed by atoms with Gasteiger partial charge in [0.25, 0.3) is 0 Å². The maximum absolute atomic E-state index is 13.7. The molecule has 33 heavy (non-hydrogen) atoms. The highest BCUT2D eigenvalue weighted by molar-refractivity contribution is 5.87. The Morgan fingerprint density at radius 1 is 1.18 bits per heavy atom. The van der Waals surface area contributed by atoms with Crippen molar-refractivity contribution in [2.24, 2.45) is 0 Å². The molecule has 0 aliphatic carbocycles. The number of likely N-dealkylation sites (tertiary alicyclic amines) is 1. The summed E-state index contributed by atoms with van der Waals surface area (Å²) >= 11 is 0. The Labute approximate surface area is 194 Å². The quantitative estimate of drug-likeness (QED) is 0.407. The largest absolute Gasteiger partial charge is 0.493 e. The fourth-order valence-corrected chi connectivity index (χ4v) is 4.26. The average molecular weight is 459 g/mol. The van der Waals surface area contributed by atoms with Gasteiger partial charge in [0.15, 0.2) is 11.5 Å². The molecule has 0 spiro atoms. The molecular formula is C24H34N4O5. The highest BCUT2D eigenvalue weighted by atomic mass is 16.5. The van der Waals surface area contributed by atoms with E-state index in [-0.39, 0.29) is 18.6 Å². The third-order valence-electron chi connectivity index (χ3n) is 5.98. The van der Waals surface area contributed by atoms with Gasteiger partial charge in [0, 0.05) is 12.6 Å². The second kappa shape index (κ2) is 11.6. The highest BCUT2D eigenvalue weighted by Gasteiger charge is 2.43. The monoisotopic (exact) mass is 458 g/mol. The molecule has 1 aromatic carbocycles. The Bertz CT molecular complexity index is 931. The summed E-state index contributed by atoms with van der Waals surface area (Å²) < 4.78 is 18.3. The van der Waals surface area contributed by atoms with Crippen LogP contribution in [0.4, 0.5) is 5.82 Å². The lowest BCUT2D eigenvalue weighted by Crippen LogP contribution is -2.44. The molecule has 1 aromatic heterocycles. The summed E-state index contributed by atoms with van der Waals surface area (Å²) in [5.41, 5.74) is 5.82. The first kappa shape index (κ1) is 24.4. The number of carbonyl (C=O) groups is 2. The number of benzene rings is 1. The molecule has 0 unspecified atom stereocenters. The average Bonchev–Trinajstić information content (AvgIpc) is 3.45. The van der Waals surface area contributed by atoms with Gasteiger partial charge in [-0.2, -0.15) is 0 Å². The predicted octanol–water partition coefficient (Wildman–Crippen LogP) is 3.21. The van der Waals surface area contributed by atoms with E-state index < -0.39 is 18.1 Å². The number of carbonyl (C=O) groups excluding carboxylic acids is 2. The summed E-state index contributed by atoms with van der Waals surface area (Å²) in [5.74, 6) is 0.903. The topological polar surface area (TPSA) is 109 Å². The van der Waals surface area contributed by atoms with E-state index in [2.05, 4.69) is 11.9 Å². The number of para-hydroxylation sites is 2. The number of rotatable bonds is 11. The van der Waals surface area contributed by atoms with Crippen LogP contribution in [0, 0.1) is 0 Å². The number of aromatic nitrogens is 2. The van der Waals surface area contributed by atoms with Crippen molar-refractivity contribution in [1.29, 1.82) is 0 Å². The minimum atomic E-state index is -0.721. The molecule has 0 saturated carbocycles. The van der Waals surface area contributed by atoms with Gasteiger partial charge in [0.1, 0.15) is 24.0 Å². The van der Waals surface area contributed by atoms with Gasteiger partial charge in [-0.25, -0.2) is 9.78 Å². The van der Waals surface area contributed by atoms with Gasteiger partial charge in [-0.05, 0) is 18.6 Å². The molecule has 1 aliphatic heterocycles. The van der Waals surface area contributed by atoms with E-state index >= 15 is 0 Å². The number of hydrogen-bond acceptors (Lipinski definition) is 7. The number of amides is 1. The van der Waals surface area contributed by atoms with Gasteiger partial charge in [0.05, 0.1) is 27.1 Å². The molecular weight excluding hydrogens is 424 g/mol. The van der Waals surface area contributed by atoms with Crippen LogP contribution in [0.25, 0.3) is 0 Å². The zero-order valence-electron chi connectivity index (χ0n) is 19.6. The van der Waals surface area contributed by atoms with Crippen LogP contribution in [-0.4, -0.2) is 59.2 Å². The lowest BCUT2D eigenvalue weighted by Gasteiger charge is -2.28. The van der Waals surface area contributed by atoms with Crippen molar-refractivity contribution in [2.45, 2.75) is 63.6 Å². The summed E-state index contributed by atoms with van der Waals surface area (Å²) in [5, 5.41) is 0. The fourth-order valence-electron chi connectivity index (χ4n) is 4.26. The highest BCUT2D eigenvalue weighted by Crippen LogP contribution is 2.32. The SMILES string of the molecule is CCCCCC[C@H](C(=O)N1C[C@@H](Oc2ccccc2OC)C[C@H]1C(=O)OC)n1cnc(N)c1. The van der Waals surface area contributed by atoms with E-state index in [0.717, 1.165) is 25.7 Å². The number of nitrogens with two attached hydrogens (primary N) is 1. The Morgan fingerprint density at radius 3 is 2.58 bits per heavy atom. The predicted molar refractivity (Wildman–Crippen MR) is 124 cm³/mol. The van der Waals surface area contributed by atoms with Gasteiger partial charge < -0.3 is 29.4 Å². The number of methoxy groups -OCH3 is 2. The van der Waals surface area contributed by atoms with Crippen LogP contribution < -0.4 is 15.2 Å². The van der Waals surface area contributed by atoms with Crippen molar-refractivity contribution < 1.29 is 23.8 Å². The zero-order chi connectivity index (χ0) is 23.8. The number of esters is 1. The first-order chi connectivity index (χ1) is 16.0. The smallest absolute Gasteiger partial charge is 0.328 e. The molecule has 2 aromatic rings. The molecule has 1 amide bonds. The number of nitrogen functional groups attached to an aromatic ring is 1. The van der Waals surface area contributed by atoms with Crippen LogP contribution >= 0.6 is 0 Å². The van der Waals surface area contributed by atoms with Crippen molar-refractivity contribution in [3.8, 4) is 11.5 Å².